The summed E-state index contributed by atoms with van der Waals surface area (Å²) in [6.07, 6.45) is 4.68. The number of nitrogen functional groups attached to an aromatic ring is 1. The van der Waals surface area contributed by atoms with E-state index in [0.29, 0.717) is 43.7 Å². The first-order chi connectivity index (χ1) is 16.5. The summed E-state index contributed by atoms with van der Waals surface area (Å²) in [7, 11) is 0. The van der Waals surface area contributed by atoms with Crippen molar-refractivity contribution in [2.24, 2.45) is 0 Å². The summed E-state index contributed by atoms with van der Waals surface area (Å²) in [4.78, 5) is 27.1. The number of furan rings is 1. The minimum Gasteiger partial charge on any atom is -0.459 e. The van der Waals surface area contributed by atoms with Gasteiger partial charge in [0.1, 0.15) is 29.3 Å². The van der Waals surface area contributed by atoms with Gasteiger partial charge in [0, 0.05) is 13.1 Å². The van der Waals surface area contributed by atoms with Gasteiger partial charge in [-0.05, 0) is 68.5 Å². The topological polar surface area (TPSA) is 130 Å². The number of hydrogen-bond acceptors (Lipinski definition) is 6. The minimum atomic E-state index is -0.547. The molecule has 3 N–H and O–H groups in total. The number of nitriles is 1. The third-order valence-corrected chi connectivity index (χ3v) is 5.86. The Morgan fingerprint density at radius 1 is 1.26 bits per heavy atom. The molecule has 0 radical (unpaired) electrons. The van der Waals surface area contributed by atoms with E-state index in [4.69, 9.17) is 10.2 Å². The van der Waals surface area contributed by atoms with E-state index in [1.807, 2.05) is 0 Å². The van der Waals surface area contributed by atoms with Crippen molar-refractivity contribution < 1.29 is 18.4 Å². The molecule has 1 aliphatic rings. The number of aromatic nitrogens is 2. The number of anilines is 1. The van der Waals surface area contributed by atoms with Crippen LogP contribution in [0.4, 0.5) is 10.2 Å². The van der Waals surface area contributed by atoms with E-state index < -0.39 is 6.04 Å². The Balaban J connectivity index is 1.36. The molecule has 9 nitrogen and oxygen atoms in total. The van der Waals surface area contributed by atoms with Crippen molar-refractivity contribution in [3.63, 3.8) is 0 Å². The first-order valence-corrected chi connectivity index (χ1v) is 11.1. The maximum Gasteiger partial charge on any atom is 0.290 e. The summed E-state index contributed by atoms with van der Waals surface area (Å²) in [6.45, 7) is 0.857. The van der Waals surface area contributed by atoms with E-state index in [-0.39, 0.29) is 34.8 Å². The zero-order valence-electron chi connectivity index (χ0n) is 18.5. The van der Waals surface area contributed by atoms with Crippen LogP contribution in [0.1, 0.15) is 47.5 Å². The number of hydrogen-bond donors (Lipinski definition) is 2. The molecule has 0 aliphatic carbocycles. The van der Waals surface area contributed by atoms with E-state index in [9.17, 15) is 19.2 Å². The van der Waals surface area contributed by atoms with Gasteiger partial charge in [0.05, 0.1) is 17.6 Å². The number of rotatable bonds is 7. The highest BCUT2D eigenvalue weighted by molar-refractivity contribution is 5.95. The Kier molecular flexibility index (Phi) is 6.92. The molecule has 0 bridgehead atoms. The highest BCUT2D eigenvalue weighted by atomic mass is 19.1. The molecule has 3 heterocycles. The summed E-state index contributed by atoms with van der Waals surface area (Å²) < 4.78 is 19.8. The van der Waals surface area contributed by atoms with Gasteiger partial charge in [-0.2, -0.15) is 10.4 Å². The highest BCUT2D eigenvalue weighted by Gasteiger charge is 2.33. The van der Waals surface area contributed by atoms with Crippen LogP contribution in [0.15, 0.2) is 47.1 Å². The number of benzene rings is 1. The predicted molar refractivity (Wildman–Crippen MR) is 121 cm³/mol. The number of nitrogens with zero attached hydrogens (tertiary/aromatic N) is 4. The van der Waals surface area contributed by atoms with Crippen LogP contribution in [0, 0.1) is 17.1 Å². The first-order valence-electron chi connectivity index (χ1n) is 11.1. The van der Waals surface area contributed by atoms with Crippen LogP contribution in [0.25, 0.3) is 5.69 Å². The van der Waals surface area contributed by atoms with Gasteiger partial charge in [-0.25, -0.2) is 9.07 Å². The minimum absolute atomic E-state index is 0.183. The fraction of sp³-hybridized carbons (Fsp3) is 0.333. The molecule has 2 aromatic heterocycles. The Hall–Kier alpha value is -4.13. The zero-order valence-corrected chi connectivity index (χ0v) is 18.5. The van der Waals surface area contributed by atoms with Crippen molar-refractivity contribution in [3.8, 4) is 11.8 Å². The monoisotopic (exact) mass is 464 g/mol. The molecule has 176 valence electrons. The quantitative estimate of drug-likeness (QED) is 0.517. The fourth-order valence-electron chi connectivity index (χ4n) is 4.13. The van der Waals surface area contributed by atoms with Crippen LogP contribution in [0.5, 0.6) is 0 Å². The van der Waals surface area contributed by atoms with E-state index in [1.165, 1.54) is 35.2 Å². The van der Waals surface area contributed by atoms with Gasteiger partial charge in [-0.15, -0.1) is 0 Å². The van der Waals surface area contributed by atoms with Gasteiger partial charge in [0.2, 0.25) is 5.91 Å². The zero-order chi connectivity index (χ0) is 24.1. The van der Waals surface area contributed by atoms with E-state index in [1.54, 1.807) is 17.0 Å². The van der Waals surface area contributed by atoms with Gasteiger partial charge in [-0.3, -0.25) is 9.59 Å². The van der Waals surface area contributed by atoms with Crippen molar-refractivity contribution in [2.75, 3.05) is 18.8 Å². The first kappa shape index (κ1) is 23.0. The van der Waals surface area contributed by atoms with Crippen LogP contribution >= 0.6 is 0 Å². The standard InChI is InChI=1S/C24H25FN6O3/c25-16-8-10-17(11-9-16)31-22(27)18(15-26)19(29-31)5-3-12-28-23(32)20-6-1-2-13-30(20)24(33)21-7-4-14-34-21/h4,7-11,14,20H,1-3,5-6,12-13,27H2,(H,28,32). The fourth-order valence-corrected chi connectivity index (χ4v) is 4.13. The largest absolute Gasteiger partial charge is 0.459 e. The predicted octanol–water partition coefficient (Wildman–Crippen LogP) is 2.80. The molecule has 1 fully saturated rings. The van der Waals surface area contributed by atoms with Crippen molar-refractivity contribution in [2.45, 2.75) is 38.1 Å². The SMILES string of the molecule is N#Cc1c(CCCNC(=O)C2CCCCN2C(=O)c2ccco2)nn(-c2ccc(F)cc2)c1N. The third-order valence-electron chi connectivity index (χ3n) is 5.86. The molecular formula is C24H25FN6O3. The van der Waals surface area contributed by atoms with Crippen LogP contribution in [-0.2, 0) is 11.2 Å². The Morgan fingerprint density at radius 2 is 2.06 bits per heavy atom. The molecule has 1 unspecified atom stereocenters. The Morgan fingerprint density at radius 3 is 2.76 bits per heavy atom. The second-order valence-corrected chi connectivity index (χ2v) is 8.09. The highest BCUT2D eigenvalue weighted by Crippen LogP contribution is 2.22. The van der Waals surface area contributed by atoms with Crippen molar-refractivity contribution in [1.29, 1.82) is 5.26 Å². The second kappa shape index (κ2) is 10.2. The molecule has 0 spiro atoms. The number of carbonyl (C=O) groups is 2. The molecule has 1 saturated heterocycles. The van der Waals surface area contributed by atoms with Gasteiger partial charge < -0.3 is 20.4 Å². The molecule has 4 rings (SSSR count). The number of halogens is 1. The van der Waals surface area contributed by atoms with E-state index in [0.717, 1.165) is 12.8 Å². The van der Waals surface area contributed by atoms with Crippen molar-refractivity contribution >= 4 is 17.6 Å². The molecular weight excluding hydrogens is 439 g/mol. The molecule has 1 aliphatic heterocycles. The van der Waals surface area contributed by atoms with Crippen LogP contribution < -0.4 is 11.1 Å². The second-order valence-electron chi connectivity index (χ2n) is 8.09. The number of piperidine rings is 1. The summed E-state index contributed by atoms with van der Waals surface area (Å²) >= 11 is 0. The number of nitrogens with one attached hydrogen (secondary N) is 1. The maximum atomic E-state index is 13.2. The normalized spacial score (nSPS) is 15.6. The summed E-state index contributed by atoms with van der Waals surface area (Å²) in [5.41, 5.74) is 7.41. The van der Waals surface area contributed by atoms with Crippen LogP contribution in [0.2, 0.25) is 0 Å². The average Bonchev–Trinajstić information content (AvgIpc) is 3.50. The lowest BCUT2D eigenvalue weighted by Gasteiger charge is -2.34. The van der Waals surface area contributed by atoms with Gasteiger partial charge in [-0.1, -0.05) is 0 Å². The Labute approximate surface area is 195 Å². The maximum absolute atomic E-state index is 13.2. The van der Waals surface area contributed by atoms with E-state index in [2.05, 4.69) is 16.5 Å². The number of carbonyl (C=O) groups excluding carboxylic acids is 2. The van der Waals surface area contributed by atoms with Crippen LogP contribution in [-0.4, -0.2) is 45.6 Å². The molecule has 10 heteroatoms. The molecule has 3 aromatic rings. The van der Waals surface area contributed by atoms with Gasteiger partial charge in [0.15, 0.2) is 5.76 Å². The molecule has 34 heavy (non-hydrogen) atoms. The lowest BCUT2D eigenvalue weighted by atomic mass is 10.0. The van der Waals surface area contributed by atoms with Gasteiger partial charge in [0.25, 0.3) is 5.91 Å². The van der Waals surface area contributed by atoms with Crippen LogP contribution in [0.3, 0.4) is 0 Å². The molecule has 1 atom stereocenters. The van der Waals surface area contributed by atoms with Crippen molar-refractivity contribution in [1.82, 2.24) is 20.0 Å². The summed E-state index contributed by atoms with van der Waals surface area (Å²) in [5.74, 6) is -0.476. The molecule has 1 aromatic carbocycles. The lowest BCUT2D eigenvalue weighted by molar-refractivity contribution is -0.126. The molecule has 0 saturated carbocycles. The smallest absolute Gasteiger partial charge is 0.290 e. The Bertz CT molecular complexity index is 1200. The summed E-state index contributed by atoms with van der Waals surface area (Å²) in [5, 5.41) is 16.8. The third kappa shape index (κ3) is 4.78. The number of amides is 2. The van der Waals surface area contributed by atoms with Crippen molar-refractivity contribution in [3.05, 3.63) is 65.5 Å². The average molecular weight is 465 g/mol. The number of nitrogens with two attached hydrogens (primary N) is 1. The number of aryl methyl sites for hydroxylation is 1. The summed E-state index contributed by atoms with van der Waals surface area (Å²) in [6, 6.07) is 10.4. The molecule has 2 amide bonds. The number of likely N-dealkylation sites (tertiary alicyclic amines) is 1. The van der Waals surface area contributed by atoms with E-state index >= 15 is 0 Å². The van der Waals surface area contributed by atoms with Gasteiger partial charge >= 0.3 is 0 Å². The lowest BCUT2D eigenvalue weighted by Crippen LogP contribution is -2.52.